The largest absolute Gasteiger partial charge is 0.301 e. The summed E-state index contributed by atoms with van der Waals surface area (Å²) >= 11 is 0. The van der Waals surface area contributed by atoms with Crippen molar-refractivity contribution in [3.63, 3.8) is 0 Å². The molecule has 2 rings (SSSR count). The minimum absolute atomic E-state index is 0.159. The number of piperazine rings is 1. The number of nitrogens with zero attached hydrogens (tertiary/aromatic N) is 2. The number of hydrogen-bond acceptors (Lipinski definition) is 2. The summed E-state index contributed by atoms with van der Waals surface area (Å²) in [4.78, 5) is 4.86. The first-order valence-electron chi connectivity index (χ1n) is 6.25. The fourth-order valence-corrected chi connectivity index (χ4v) is 2.42. The van der Waals surface area contributed by atoms with Crippen LogP contribution in [0.15, 0.2) is 24.3 Å². The molecule has 0 radical (unpaired) electrons. The van der Waals surface area contributed by atoms with Crippen molar-refractivity contribution in [3.8, 4) is 0 Å². The average molecular weight is 236 g/mol. The van der Waals surface area contributed by atoms with E-state index in [1.165, 1.54) is 5.56 Å². The molecule has 1 aliphatic rings. The van der Waals surface area contributed by atoms with Gasteiger partial charge in [-0.1, -0.05) is 12.1 Å². The van der Waals surface area contributed by atoms with Gasteiger partial charge < -0.3 is 4.90 Å². The highest BCUT2D eigenvalue weighted by Crippen LogP contribution is 2.16. The van der Waals surface area contributed by atoms with Gasteiger partial charge in [-0.25, -0.2) is 4.39 Å². The van der Waals surface area contributed by atoms with Crippen LogP contribution in [0.3, 0.4) is 0 Å². The second-order valence-corrected chi connectivity index (χ2v) is 5.19. The van der Waals surface area contributed by atoms with Gasteiger partial charge in [0.25, 0.3) is 0 Å². The SMILES string of the molecule is CC1CN(C)[C@@H](C)CN1Cc1ccc(F)cc1. The van der Waals surface area contributed by atoms with Crippen molar-refractivity contribution in [1.29, 1.82) is 0 Å². The zero-order chi connectivity index (χ0) is 12.4. The highest BCUT2D eigenvalue weighted by molar-refractivity contribution is 5.16. The molecule has 17 heavy (non-hydrogen) atoms. The van der Waals surface area contributed by atoms with Gasteiger partial charge in [0, 0.05) is 31.7 Å². The predicted molar refractivity (Wildman–Crippen MR) is 68.4 cm³/mol. The quantitative estimate of drug-likeness (QED) is 0.777. The Hall–Kier alpha value is -0.930. The van der Waals surface area contributed by atoms with Crippen LogP contribution in [0.4, 0.5) is 4.39 Å². The summed E-state index contributed by atoms with van der Waals surface area (Å²) in [6, 6.07) is 7.99. The van der Waals surface area contributed by atoms with E-state index in [2.05, 4.69) is 30.7 Å². The number of rotatable bonds is 2. The van der Waals surface area contributed by atoms with Crippen molar-refractivity contribution in [2.24, 2.45) is 0 Å². The van der Waals surface area contributed by atoms with Crippen LogP contribution in [0.1, 0.15) is 19.4 Å². The standard InChI is InChI=1S/C14H21FN2/c1-11-9-17(12(2)8-16(11)3)10-13-4-6-14(15)7-5-13/h4-7,11-12H,8-10H2,1-3H3/t11-,12?/m0/s1. The van der Waals surface area contributed by atoms with Crippen molar-refractivity contribution in [3.05, 3.63) is 35.6 Å². The van der Waals surface area contributed by atoms with Gasteiger partial charge in [-0.3, -0.25) is 4.90 Å². The van der Waals surface area contributed by atoms with Gasteiger partial charge in [0.1, 0.15) is 5.82 Å². The molecule has 0 aliphatic carbocycles. The third-order valence-electron chi connectivity index (χ3n) is 3.73. The van der Waals surface area contributed by atoms with E-state index in [9.17, 15) is 4.39 Å². The fraction of sp³-hybridized carbons (Fsp3) is 0.571. The maximum absolute atomic E-state index is 12.8. The Kier molecular flexibility index (Phi) is 3.79. The van der Waals surface area contributed by atoms with Gasteiger partial charge in [-0.15, -0.1) is 0 Å². The second kappa shape index (κ2) is 5.15. The number of likely N-dealkylation sites (N-methyl/N-ethyl adjacent to an activating group) is 1. The van der Waals surface area contributed by atoms with Crippen LogP contribution in [-0.2, 0) is 6.54 Å². The molecule has 0 spiro atoms. The van der Waals surface area contributed by atoms with Crippen LogP contribution in [0.5, 0.6) is 0 Å². The first-order valence-corrected chi connectivity index (χ1v) is 6.25. The summed E-state index contributed by atoms with van der Waals surface area (Å²) in [6.07, 6.45) is 0. The monoisotopic (exact) mass is 236 g/mol. The lowest BCUT2D eigenvalue weighted by Gasteiger charge is -2.42. The van der Waals surface area contributed by atoms with Crippen molar-refractivity contribution in [2.75, 3.05) is 20.1 Å². The Morgan fingerprint density at radius 1 is 1.12 bits per heavy atom. The van der Waals surface area contributed by atoms with Crippen LogP contribution in [0.25, 0.3) is 0 Å². The fourth-order valence-electron chi connectivity index (χ4n) is 2.42. The van der Waals surface area contributed by atoms with Gasteiger partial charge in [0.15, 0.2) is 0 Å². The van der Waals surface area contributed by atoms with E-state index in [0.29, 0.717) is 12.1 Å². The maximum Gasteiger partial charge on any atom is 0.123 e. The summed E-state index contributed by atoms with van der Waals surface area (Å²) < 4.78 is 12.8. The Bertz CT molecular complexity index is 363. The zero-order valence-electron chi connectivity index (χ0n) is 10.9. The van der Waals surface area contributed by atoms with Gasteiger partial charge in [0.05, 0.1) is 0 Å². The zero-order valence-corrected chi connectivity index (χ0v) is 10.9. The molecule has 0 N–H and O–H groups in total. The summed E-state index contributed by atoms with van der Waals surface area (Å²) in [5, 5.41) is 0. The lowest BCUT2D eigenvalue weighted by molar-refractivity contribution is 0.0545. The molecule has 1 aromatic carbocycles. The summed E-state index contributed by atoms with van der Waals surface area (Å²) in [7, 11) is 2.18. The maximum atomic E-state index is 12.8. The topological polar surface area (TPSA) is 6.48 Å². The van der Waals surface area contributed by atoms with Crippen LogP contribution in [0.2, 0.25) is 0 Å². The van der Waals surface area contributed by atoms with Gasteiger partial charge in [0.2, 0.25) is 0 Å². The molecule has 2 nitrogen and oxygen atoms in total. The van der Waals surface area contributed by atoms with E-state index in [4.69, 9.17) is 0 Å². The van der Waals surface area contributed by atoms with E-state index in [0.717, 1.165) is 19.6 Å². The molecular formula is C14H21FN2. The van der Waals surface area contributed by atoms with E-state index in [1.54, 1.807) is 12.1 Å². The minimum Gasteiger partial charge on any atom is -0.301 e. The molecule has 1 fully saturated rings. The highest BCUT2D eigenvalue weighted by atomic mass is 19.1. The van der Waals surface area contributed by atoms with Crippen molar-refractivity contribution in [1.82, 2.24) is 9.80 Å². The summed E-state index contributed by atoms with van der Waals surface area (Å²) in [5.74, 6) is -0.159. The Morgan fingerprint density at radius 3 is 2.41 bits per heavy atom. The lowest BCUT2D eigenvalue weighted by Crippen LogP contribution is -2.54. The van der Waals surface area contributed by atoms with Crippen molar-refractivity contribution < 1.29 is 4.39 Å². The molecule has 1 aromatic rings. The number of halogens is 1. The van der Waals surface area contributed by atoms with Crippen molar-refractivity contribution in [2.45, 2.75) is 32.5 Å². The third-order valence-corrected chi connectivity index (χ3v) is 3.73. The third kappa shape index (κ3) is 3.05. The van der Waals surface area contributed by atoms with Gasteiger partial charge >= 0.3 is 0 Å². The van der Waals surface area contributed by atoms with Gasteiger partial charge in [-0.2, -0.15) is 0 Å². The van der Waals surface area contributed by atoms with Gasteiger partial charge in [-0.05, 0) is 38.6 Å². The van der Waals surface area contributed by atoms with E-state index >= 15 is 0 Å². The smallest absolute Gasteiger partial charge is 0.123 e. The van der Waals surface area contributed by atoms with E-state index < -0.39 is 0 Å². The molecule has 0 bridgehead atoms. The van der Waals surface area contributed by atoms with Crippen molar-refractivity contribution >= 4 is 0 Å². The first-order chi connectivity index (χ1) is 8.06. The molecule has 3 heteroatoms. The minimum atomic E-state index is -0.159. The highest BCUT2D eigenvalue weighted by Gasteiger charge is 2.26. The molecule has 1 heterocycles. The molecule has 0 amide bonds. The summed E-state index contributed by atoms with van der Waals surface area (Å²) in [5.41, 5.74) is 1.19. The molecule has 0 saturated carbocycles. The Labute approximate surface area is 103 Å². The molecule has 1 unspecified atom stereocenters. The van der Waals surface area contributed by atoms with Crippen LogP contribution < -0.4 is 0 Å². The van der Waals surface area contributed by atoms with Crippen LogP contribution >= 0.6 is 0 Å². The molecule has 2 atom stereocenters. The van der Waals surface area contributed by atoms with E-state index in [1.807, 2.05) is 12.1 Å². The molecule has 1 saturated heterocycles. The van der Waals surface area contributed by atoms with Crippen LogP contribution in [-0.4, -0.2) is 42.0 Å². The Balaban J connectivity index is 2.00. The molecule has 1 aliphatic heterocycles. The lowest BCUT2D eigenvalue weighted by atomic mass is 10.1. The second-order valence-electron chi connectivity index (χ2n) is 5.19. The molecule has 94 valence electrons. The first kappa shape index (κ1) is 12.5. The molecular weight excluding hydrogens is 215 g/mol. The molecule has 0 aromatic heterocycles. The normalized spacial score (nSPS) is 27.3. The Morgan fingerprint density at radius 2 is 1.76 bits per heavy atom. The summed E-state index contributed by atoms with van der Waals surface area (Å²) in [6.45, 7) is 7.60. The number of benzene rings is 1. The number of hydrogen-bond donors (Lipinski definition) is 0. The predicted octanol–water partition coefficient (Wildman–Crippen LogP) is 2.35. The average Bonchev–Trinajstić information content (AvgIpc) is 2.29. The van der Waals surface area contributed by atoms with E-state index in [-0.39, 0.29) is 5.82 Å². The van der Waals surface area contributed by atoms with Crippen LogP contribution in [0, 0.1) is 5.82 Å².